The quantitative estimate of drug-likeness (QED) is 0.406. The van der Waals surface area contributed by atoms with Crippen molar-refractivity contribution >= 4 is 16.6 Å². The first-order valence-corrected chi connectivity index (χ1v) is 6.15. The van der Waals surface area contributed by atoms with Gasteiger partial charge in [0, 0.05) is 16.5 Å². The summed E-state index contributed by atoms with van der Waals surface area (Å²) >= 11 is 0. The summed E-state index contributed by atoms with van der Waals surface area (Å²) in [5, 5.41) is 13.9. The van der Waals surface area contributed by atoms with E-state index < -0.39 is 0 Å². The van der Waals surface area contributed by atoms with E-state index in [1.165, 1.54) is 0 Å². The van der Waals surface area contributed by atoms with E-state index in [9.17, 15) is 5.21 Å². The standard InChI is InChI=1S/C16H14N2O/c1-11-5-4-7-13(9-11)16(18-19)15-10-12-6-2-3-8-14(12)17-15/h2-10,17,19H,1H3/b18-16+. The maximum absolute atomic E-state index is 9.32. The van der Waals surface area contributed by atoms with Gasteiger partial charge >= 0.3 is 0 Å². The molecule has 0 saturated heterocycles. The summed E-state index contributed by atoms with van der Waals surface area (Å²) in [5.74, 6) is 0. The first kappa shape index (κ1) is 11.5. The van der Waals surface area contributed by atoms with Gasteiger partial charge in [0.05, 0.1) is 5.69 Å². The molecule has 3 heteroatoms. The van der Waals surface area contributed by atoms with Crippen molar-refractivity contribution in [2.45, 2.75) is 6.92 Å². The van der Waals surface area contributed by atoms with E-state index in [0.717, 1.165) is 27.7 Å². The van der Waals surface area contributed by atoms with Crippen LogP contribution in [0.4, 0.5) is 0 Å². The third kappa shape index (κ3) is 2.10. The fourth-order valence-corrected chi connectivity index (χ4v) is 2.26. The Morgan fingerprint density at radius 3 is 2.63 bits per heavy atom. The Kier molecular flexibility index (Phi) is 2.80. The van der Waals surface area contributed by atoms with Crippen LogP contribution < -0.4 is 0 Å². The van der Waals surface area contributed by atoms with E-state index >= 15 is 0 Å². The van der Waals surface area contributed by atoms with Crippen molar-refractivity contribution in [1.29, 1.82) is 0 Å². The van der Waals surface area contributed by atoms with E-state index in [1.54, 1.807) is 0 Å². The molecule has 0 aliphatic rings. The molecule has 3 nitrogen and oxygen atoms in total. The largest absolute Gasteiger partial charge is 0.410 e. The molecule has 0 amide bonds. The Balaban J connectivity index is 2.12. The number of hydrogen-bond donors (Lipinski definition) is 2. The number of hydrogen-bond acceptors (Lipinski definition) is 2. The summed E-state index contributed by atoms with van der Waals surface area (Å²) < 4.78 is 0. The van der Waals surface area contributed by atoms with E-state index in [-0.39, 0.29) is 0 Å². The minimum Gasteiger partial charge on any atom is -0.410 e. The lowest BCUT2D eigenvalue weighted by Crippen LogP contribution is -2.03. The van der Waals surface area contributed by atoms with E-state index in [4.69, 9.17) is 0 Å². The molecule has 0 spiro atoms. The molecule has 94 valence electrons. The number of aryl methyl sites for hydroxylation is 1. The van der Waals surface area contributed by atoms with Crippen LogP contribution in [-0.4, -0.2) is 15.9 Å². The lowest BCUT2D eigenvalue weighted by Gasteiger charge is -2.03. The summed E-state index contributed by atoms with van der Waals surface area (Å²) in [6, 6.07) is 17.9. The fraction of sp³-hybridized carbons (Fsp3) is 0.0625. The van der Waals surface area contributed by atoms with Gasteiger partial charge in [0.1, 0.15) is 5.71 Å². The van der Waals surface area contributed by atoms with Crippen LogP contribution in [0.1, 0.15) is 16.8 Å². The van der Waals surface area contributed by atoms with E-state index in [2.05, 4.69) is 10.1 Å². The first-order chi connectivity index (χ1) is 9.28. The third-order valence-electron chi connectivity index (χ3n) is 3.18. The topological polar surface area (TPSA) is 48.4 Å². The molecule has 0 aliphatic heterocycles. The monoisotopic (exact) mass is 250 g/mol. The van der Waals surface area contributed by atoms with E-state index in [0.29, 0.717) is 5.71 Å². The van der Waals surface area contributed by atoms with Crippen LogP contribution in [0.2, 0.25) is 0 Å². The SMILES string of the molecule is Cc1cccc(/C(=N\O)c2cc3ccccc3[nH]2)c1. The Morgan fingerprint density at radius 1 is 1.05 bits per heavy atom. The summed E-state index contributed by atoms with van der Waals surface area (Å²) in [6.45, 7) is 2.02. The van der Waals surface area contributed by atoms with Crippen molar-refractivity contribution in [3.8, 4) is 0 Å². The van der Waals surface area contributed by atoms with Crippen molar-refractivity contribution < 1.29 is 5.21 Å². The van der Waals surface area contributed by atoms with Gasteiger partial charge in [-0.15, -0.1) is 0 Å². The van der Waals surface area contributed by atoms with Crippen molar-refractivity contribution in [1.82, 2.24) is 4.98 Å². The highest BCUT2D eigenvalue weighted by molar-refractivity contribution is 6.13. The molecule has 0 radical (unpaired) electrons. The highest BCUT2D eigenvalue weighted by Crippen LogP contribution is 2.18. The number of H-pyrrole nitrogens is 1. The van der Waals surface area contributed by atoms with Crippen molar-refractivity contribution in [3.63, 3.8) is 0 Å². The highest BCUT2D eigenvalue weighted by Gasteiger charge is 2.10. The van der Waals surface area contributed by atoms with Gasteiger partial charge in [-0.1, -0.05) is 47.1 Å². The second-order valence-electron chi connectivity index (χ2n) is 4.59. The zero-order valence-corrected chi connectivity index (χ0v) is 10.6. The minimum atomic E-state index is 0.555. The Bertz CT molecular complexity index is 723. The van der Waals surface area contributed by atoms with Crippen molar-refractivity contribution in [2.24, 2.45) is 5.16 Å². The van der Waals surface area contributed by atoms with Gasteiger partial charge in [0.15, 0.2) is 0 Å². The highest BCUT2D eigenvalue weighted by atomic mass is 16.4. The molecule has 1 aromatic heterocycles. The lowest BCUT2D eigenvalue weighted by molar-refractivity contribution is 0.319. The molecule has 19 heavy (non-hydrogen) atoms. The number of aromatic amines is 1. The third-order valence-corrected chi connectivity index (χ3v) is 3.18. The fourth-order valence-electron chi connectivity index (χ4n) is 2.26. The van der Waals surface area contributed by atoms with Crippen LogP contribution in [-0.2, 0) is 0 Å². The van der Waals surface area contributed by atoms with Gasteiger partial charge in [-0.05, 0) is 25.1 Å². The zero-order valence-electron chi connectivity index (χ0n) is 10.6. The molecule has 1 heterocycles. The smallest absolute Gasteiger partial charge is 0.133 e. The molecule has 0 unspecified atom stereocenters. The Labute approximate surface area is 111 Å². The predicted octanol–water partition coefficient (Wildman–Crippen LogP) is 3.70. The number of fused-ring (bicyclic) bond motifs is 1. The summed E-state index contributed by atoms with van der Waals surface area (Å²) in [7, 11) is 0. The number of rotatable bonds is 2. The second kappa shape index (κ2) is 4.61. The average Bonchev–Trinajstić information content (AvgIpc) is 2.83. The van der Waals surface area contributed by atoms with Crippen molar-refractivity contribution in [2.75, 3.05) is 0 Å². The molecule has 3 aromatic rings. The minimum absolute atomic E-state index is 0.555. The second-order valence-corrected chi connectivity index (χ2v) is 4.59. The van der Waals surface area contributed by atoms with Gasteiger partial charge in [0.25, 0.3) is 0 Å². The van der Waals surface area contributed by atoms with Gasteiger partial charge in [-0.3, -0.25) is 0 Å². The Hall–Kier alpha value is -2.55. The molecule has 3 rings (SSSR count). The number of oxime groups is 1. The maximum atomic E-state index is 9.32. The zero-order chi connectivity index (χ0) is 13.2. The Morgan fingerprint density at radius 2 is 1.89 bits per heavy atom. The molecular weight excluding hydrogens is 236 g/mol. The average molecular weight is 250 g/mol. The lowest BCUT2D eigenvalue weighted by atomic mass is 10.1. The van der Waals surface area contributed by atoms with Gasteiger partial charge < -0.3 is 10.2 Å². The molecule has 0 fully saturated rings. The number of aromatic nitrogens is 1. The molecule has 0 aliphatic carbocycles. The van der Waals surface area contributed by atoms with Crippen LogP contribution in [0.25, 0.3) is 10.9 Å². The van der Waals surface area contributed by atoms with Crippen LogP contribution in [0.15, 0.2) is 59.8 Å². The number of para-hydroxylation sites is 1. The van der Waals surface area contributed by atoms with Crippen LogP contribution >= 0.6 is 0 Å². The van der Waals surface area contributed by atoms with E-state index in [1.807, 2.05) is 61.5 Å². The summed E-state index contributed by atoms with van der Waals surface area (Å²) in [5.41, 5.74) is 4.43. The van der Waals surface area contributed by atoms with Gasteiger partial charge in [-0.2, -0.15) is 0 Å². The predicted molar refractivity (Wildman–Crippen MR) is 76.9 cm³/mol. The van der Waals surface area contributed by atoms with Gasteiger partial charge in [0.2, 0.25) is 0 Å². The number of nitrogens with one attached hydrogen (secondary N) is 1. The number of nitrogens with zero attached hydrogens (tertiary/aromatic N) is 1. The summed E-state index contributed by atoms with van der Waals surface area (Å²) in [6.07, 6.45) is 0. The molecule has 2 aromatic carbocycles. The molecular formula is C16H14N2O. The maximum Gasteiger partial charge on any atom is 0.133 e. The number of benzene rings is 2. The van der Waals surface area contributed by atoms with Gasteiger partial charge in [-0.25, -0.2) is 0 Å². The van der Waals surface area contributed by atoms with Crippen LogP contribution in [0, 0.1) is 6.92 Å². The van der Waals surface area contributed by atoms with Crippen LogP contribution in [0.3, 0.4) is 0 Å². The normalized spacial score (nSPS) is 11.9. The summed E-state index contributed by atoms with van der Waals surface area (Å²) in [4.78, 5) is 3.27. The molecule has 0 atom stereocenters. The van der Waals surface area contributed by atoms with Crippen LogP contribution in [0.5, 0.6) is 0 Å². The van der Waals surface area contributed by atoms with Crippen molar-refractivity contribution in [3.05, 3.63) is 71.4 Å². The molecule has 0 bridgehead atoms. The molecule has 0 saturated carbocycles. The first-order valence-electron chi connectivity index (χ1n) is 6.15. The molecule has 2 N–H and O–H groups in total.